The predicted octanol–water partition coefficient (Wildman–Crippen LogP) is 2.14. The molecule has 2 aromatic heterocycles. The van der Waals surface area contributed by atoms with Gasteiger partial charge in [0, 0.05) is 11.1 Å². The second kappa shape index (κ2) is 3.80. The molecule has 2 heterocycles. The molecule has 0 saturated heterocycles. The molecule has 3 rings (SSSR count). The molecule has 0 aliphatic rings. The smallest absolute Gasteiger partial charge is 0.147 e. The van der Waals surface area contributed by atoms with Crippen LogP contribution in [0, 0.1) is 13.8 Å². The maximum absolute atomic E-state index is 9.86. The van der Waals surface area contributed by atoms with Crippen LogP contribution in [-0.4, -0.2) is 24.9 Å². The summed E-state index contributed by atoms with van der Waals surface area (Å²) in [5.74, 6) is 0.882. The zero-order valence-corrected chi connectivity index (χ0v) is 10.1. The summed E-state index contributed by atoms with van der Waals surface area (Å²) in [7, 11) is 0. The van der Waals surface area contributed by atoms with Crippen molar-refractivity contribution in [3.63, 3.8) is 0 Å². The molecular weight excluding hydrogens is 228 g/mol. The Morgan fingerprint density at radius 3 is 2.78 bits per heavy atom. The Balaban J connectivity index is 2.38. The third-order valence-corrected chi connectivity index (χ3v) is 2.78. The zero-order chi connectivity index (χ0) is 12.7. The van der Waals surface area contributed by atoms with Crippen molar-refractivity contribution < 1.29 is 5.11 Å². The van der Waals surface area contributed by atoms with Gasteiger partial charge in [0.1, 0.15) is 23.4 Å². The fraction of sp³-hybridized carbons (Fsp3) is 0.154. The molecule has 18 heavy (non-hydrogen) atoms. The molecular formula is C13H12N4O. The summed E-state index contributed by atoms with van der Waals surface area (Å²) < 4.78 is 1.70. The van der Waals surface area contributed by atoms with E-state index in [2.05, 4.69) is 15.1 Å². The SMILES string of the molecule is Cc1cc(-n2cnc(C)n2)c2cccc(O)c2n1. The molecule has 1 N–H and O–H groups in total. The highest BCUT2D eigenvalue weighted by molar-refractivity contribution is 5.91. The van der Waals surface area contributed by atoms with Gasteiger partial charge in [-0.3, -0.25) is 0 Å². The number of hydrogen-bond acceptors (Lipinski definition) is 4. The Bertz CT molecular complexity index is 733. The number of pyridine rings is 1. The maximum Gasteiger partial charge on any atom is 0.147 e. The van der Waals surface area contributed by atoms with Gasteiger partial charge in [-0.05, 0) is 26.0 Å². The van der Waals surface area contributed by atoms with E-state index in [1.165, 1.54) is 0 Å². The number of phenolic OH excluding ortho intramolecular Hbond substituents is 1. The quantitative estimate of drug-likeness (QED) is 0.707. The molecule has 0 bridgehead atoms. The van der Waals surface area contributed by atoms with E-state index in [4.69, 9.17) is 0 Å². The molecule has 0 unspecified atom stereocenters. The predicted molar refractivity (Wildman–Crippen MR) is 67.8 cm³/mol. The Labute approximate surface area is 104 Å². The Hall–Kier alpha value is -2.43. The van der Waals surface area contributed by atoms with E-state index in [-0.39, 0.29) is 5.75 Å². The first-order valence-corrected chi connectivity index (χ1v) is 5.63. The highest BCUT2D eigenvalue weighted by atomic mass is 16.3. The molecule has 1 aromatic carbocycles. The first-order chi connectivity index (χ1) is 8.65. The van der Waals surface area contributed by atoms with Crippen molar-refractivity contribution >= 4 is 10.9 Å². The standard InChI is InChI=1S/C13H12N4O/c1-8-6-11(17-7-14-9(2)16-17)10-4-3-5-12(18)13(10)15-8/h3-7,18H,1-2H3. The number of benzene rings is 1. The first kappa shape index (κ1) is 10.7. The van der Waals surface area contributed by atoms with Crippen LogP contribution < -0.4 is 0 Å². The zero-order valence-electron chi connectivity index (χ0n) is 10.1. The molecule has 0 aliphatic heterocycles. The summed E-state index contributed by atoms with van der Waals surface area (Å²) in [5.41, 5.74) is 2.28. The average Bonchev–Trinajstić information content (AvgIpc) is 2.76. The van der Waals surface area contributed by atoms with E-state index in [1.54, 1.807) is 23.1 Å². The van der Waals surface area contributed by atoms with Gasteiger partial charge in [0.25, 0.3) is 0 Å². The van der Waals surface area contributed by atoms with Gasteiger partial charge in [-0.15, -0.1) is 0 Å². The third-order valence-electron chi connectivity index (χ3n) is 2.78. The van der Waals surface area contributed by atoms with Gasteiger partial charge in [-0.25, -0.2) is 14.6 Å². The van der Waals surface area contributed by atoms with Gasteiger partial charge in [0.15, 0.2) is 0 Å². The van der Waals surface area contributed by atoms with E-state index in [0.717, 1.165) is 16.8 Å². The Morgan fingerprint density at radius 2 is 2.06 bits per heavy atom. The van der Waals surface area contributed by atoms with E-state index < -0.39 is 0 Å². The minimum atomic E-state index is 0.175. The van der Waals surface area contributed by atoms with Gasteiger partial charge in [0.05, 0.1) is 5.69 Å². The highest BCUT2D eigenvalue weighted by Gasteiger charge is 2.09. The van der Waals surface area contributed by atoms with Crippen molar-refractivity contribution in [2.24, 2.45) is 0 Å². The fourth-order valence-electron chi connectivity index (χ4n) is 1.99. The van der Waals surface area contributed by atoms with E-state index in [0.29, 0.717) is 11.3 Å². The second-order valence-electron chi connectivity index (χ2n) is 4.19. The van der Waals surface area contributed by atoms with Crippen molar-refractivity contribution in [1.29, 1.82) is 0 Å². The minimum absolute atomic E-state index is 0.175. The van der Waals surface area contributed by atoms with Gasteiger partial charge in [-0.2, -0.15) is 5.10 Å². The highest BCUT2D eigenvalue weighted by Crippen LogP contribution is 2.27. The van der Waals surface area contributed by atoms with Gasteiger partial charge >= 0.3 is 0 Å². The number of hydrogen-bond donors (Lipinski definition) is 1. The van der Waals surface area contributed by atoms with Gasteiger partial charge in [-0.1, -0.05) is 12.1 Å². The van der Waals surface area contributed by atoms with Crippen LogP contribution in [0.3, 0.4) is 0 Å². The summed E-state index contributed by atoms with van der Waals surface area (Å²) in [6.45, 7) is 3.73. The topological polar surface area (TPSA) is 63.8 Å². The summed E-state index contributed by atoms with van der Waals surface area (Å²) in [4.78, 5) is 8.48. The third kappa shape index (κ3) is 1.60. The summed E-state index contributed by atoms with van der Waals surface area (Å²) >= 11 is 0. The van der Waals surface area contributed by atoms with Crippen molar-refractivity contribution in [2.45, 2.75) is 13.8 Å². The number of rotatable bonds is 1. The number of fused-ring (bicyclic) bond motifs is 1. The van der Waals surface area contributed by atoms with E-state index in [9.17, 15) is 5.11 Å². The molecule has 0 radical (unpaired) electrons. The summed E-state index contributed by atoms with van der Waals surface area (Å²) in [6.07, 6.45) is 1.66. The van der Waals surface area contributed by atoms with Crippen LogP contribution in [0.4, 0.5) is 0 Å². The first-order valence-electron chi connectivity index (χ1n) is 5.63. The maximum atomic E-state index is 9.86. The van der Waals surface area contributed by atoms with Crippen LogP contribution in [0.15, 0.2) is 30.6 Å². The molecule has 3 aromatic rings. The van der Waals surface area contributed by atoms with Crippen LogP contribution >= 0.6 is 0 Å². The monoisotopic (exact) mass is 240 g/mol. The Morgan fingerprint density at radius 1 is 1.22 bits per heavy atom. The molecule has 0 fully saturated rings. The molecule has 0 aliphatic carbocycles. The molecule has 5 nitrogen and oxygen atoms in total. The molecule has 0 atom stereocenters. The number of nitrogens with zero attached hydrogens (tertiary/aromatic N) is 4. The average molecular weight is 240 g/mol. The van der Waals surface area contributed by atoms with Crippen LogP contribution in [0.25, 0.3) is 16.6 Å². The van der Waals surface area contributed by atoms with Crippen molar-refractivity contribution in [1.82, 2.24) is 19.7 Å². The number of phenols is 1. The van der Waals surface area contributed by atoms with Gasteiger partial charge < -0.3 is 5.11 Å². The second-order valence-corrected chi connectivity index (χ2v) is 4.19. The van der Waals surface area contributed by atoms with E-state index >= 15 is 0 Å². The number of para-hydroxylation sites is 1. The lowest BCUT2D eigenvalue weighted by Gasteiger charge is -2.08. The number of aromatic nitrogens is 4. The lowest BCUT2D eigenvalue weighted by Crippen LogP contribution is -1.99. The normalized spacial score (nSPS) is 11.0. The van der Waals surface area contributed by atoms with Crippen molar-refractivity contribution in [3.8, 4) is 11.4 Å². The molecule has 0 spiro atoms. The van der Waals surface area contributed by atoms with Crippen molar-refractivity contribution in [3.05, 3.63) is 42.1 Å². The lowest BCUT2D eigenvalue weighted by atomic mass is 10.1. The van der Waals surface area contributed by atoms with Crippen LogP contribution in [0.2, 0.25) is 0 Å². The Kier molecular flexibility index (Phi) is 2.26. The van der Waals surface area contributed by atoms with Gasteiger partial charge in [0.2, 0.25) is 0 Å². The van der Waals surface area contributed by atoms with Crippen LogP contribution in [0.1, 0.15) is 11.5 Å². The fourth-order valence-corrected chi connectivity index (χ4v) is 1.99. The van der Waals surface area contributed by atoms with Crippen molar-refractivity contribution in [2.75, 3.05) is 0 Å². The molecule has 0 saturated carbocycles. The van der Waals surface area contributed by atoms with E-state index in [1.807, 2.05) is 26.0 Å². The molecule has 90 valence electrons. The van der Waals surface area contributed by atoms with Crippen LogP contribution in [-0.2, 0) is 0 Å². The number of aromatic hydroxyl groups is 1. The summed E-state index contributed by atoms with van der Waals surface area (Å²) in [6, 6.07) is 7.26. The summed E-state index contributed by atoms with van der Waals surface area (Å²) in [5, 5.41) is 15.0. The largest absolute Gasteiger partial charge is 0.506 e. The van der Waals surface area contributed by atoms with Crippen LogP contribution in [0.5, 0.6) is 5.75 Å². The molecule has 5 heteroatoms. The number of aryl methyl sites for hydroxylation is 2. The minimum Gasteiger partial charge on any atom is -0.506 e. The molecule has 0 amide bonds. The lowest BCUT2D eigenvalue weighted by molar-refractivity contribution is 0.480.